The van der Waals surface area contributed by atoms with Gasteiger partial charge in [0.1, 0.15) is 6.17 Å². The lowest BCUT2D eigenvalue weighted by Gasteiger charge is -2.13. The van der Waals surface area contributed by atoms with Crippen LogP contribution in [0.25, 0.3) is 0 Å². The van der Waals surface area contributed by atoms with Gasteiger partial charge in [-0.1, -0.05) is 6.92 Å². The molecule has 0 bridgehead atoms. The molecule has 1 heterocycles. The topological polar surface area (TPSA) is 12.4 Å². The van der Waals surface area contributed by atoms with E-state index in [2.05, 4.69) is 4.99 Å². The summed E-state index contributed by atoms with van der Waals surface area (Å²) in [7, 11) is 0. The van der Waals surface area contributed by atoms with Gasteiger partial charge in [0.2, 0.25) is 0 Å². The minimum atomic E-state index is -0.685. The molecule has 1 nitrogen and oxygen atoms in total. The standard InChI is InChI=1S/C6H10FN/c1-5-2-6(7)4-8-3-5/h3,5-6H,2,4H2,1H3. The van der Waals surface area contributed by atoms with E-state index in [1.54, 1.807) is 0 Å². The molecule has 46 valence electrons. The van der Waals surface area contributed by atoms with Crippen molar-refractivity contribution in [2.45, 2.75) is 19.5 Å². The third-order valence-electron chi connectivity index (χ3n) is 1.29. The lowest BCUT2D eigenvalue weighted by Crippen LogP contribution is -2.16. The predicted octanol–water partition coefficient (Wildman–Crippen LogP) is 1.44. The monoisotopic (exact) mass is 115 g/mol. The highest BCUT2D eigenvalue weighted by Crippen LogP contribution is 2.11. The van der Waals surface area contributed by atoms with Gasteiger partial charge in [0, 0.05) is 6.21 Å². The van der Waals surface area contributed by atoms with Gasteiger partial charge in [-0.05, 0) is 12.3 Å². The maximum absolute atomic E-state index is 12.3. The molecule has 0 saturated heterocycles. The normalized spacial score (nSPS) is 37.8. The first-order chi connectivity index (χ1) is 3.79. The summed E-state index contributed by atoms with van der Waals surface area (Å²) in [5, 5.41) is 0. The second kappa shape index (κ2) is 2.25. The number of halogens is 1. The van der Waals surface area contributed by atoms with Crippen LogP contribution in [0.15, 0.2) is 4.99 Å². The summed E-state index contributed by atoms with van der Waals surface area (Å²) in [6.45, 7) is 2.36. The molecule has 0 aromatic rings. The molecule has 1 aliphatic rings. The lowest BCUT2D eigenvalue weighted by molar-refractivity contribution is 0.297. The summed E-state index contributed by atoms with van der Waals surface area (Å²) in [5.74, 6) is 0.346. The maximum Gasteiger partial charge on any atom is 0.120 e. The van der Waals surface area contributed by atoms with Crippen LogP contribution in [0, 0.1) is 5.92 Å². The third-order valence-corrected chi connectivity index (χ3v) is 1.29. The summed E-state index contributed by atoms with van der Waals surface area (Å²) in [6, 6.07) is 0. The fraction of sp³-hybridized carbons (Fsp3) is 0.833. The highest BCUT2D eigenvalue weighted by Gasteiger charge is 2.13. The molecule has 0 radical (unpaired) electrons. The molecule has 2 heteroatoms. The van der Waals surface area contributed by atoms with E-state index < -0.39 is 6.17 Å². The highest BCUT2D eigenvalue weighted by molar-refractivity contribution is 5.61. The van der Waals surface area contributed by atoms with E-state index in [-0.39, 0.29) is 0 Å². The Bertz CT molecular complexity index is 101. The minimum Gasteiger partial charge on any atom is -0.294 e. The lowest BCUT2D eigenvalue weighted by atomic mass is 10.0. The van der Waals surface area contributed by atoms with Crippen molar-refractivity contribution >= 4 is 6.21 Å². The second-order valence-corrected chi connectivity index (χ2v) is 2.32. The molecular formula is C6H10FN. The van der Waals surface area contributed by atoms with E-state index in [0.29, 0.717) is 18.9 Å². The fourth-order valence-corrected chi connectivity index (χ4v) is 0.894. The van der Waals surface area contributed by atoms with E-state index in [0.717, 1.165) is 0 Å². The average Bonchev–Trinajstić information content (AvgIpc) is 1.64. The van der Waals surface area contributed by atoms with Gasteiger partial charge >= 0.3 is 0 Å². The highest BCUT2D eigenvalue weighted by atomic mass is 19.1. The van der Waals surface area contributed by atoms with Crippen molar-refractivity contribution in [3.63, 3.8) is 0 Å². The van der Waals surface area contributed by atoms with Crippen molar-refractivity contribution in [3.8, 4) is 0 Å². The number of hydrogen-bond acceptors (Lipinski definition) is 1. The first-order valence-corrected chi connectivity index (χ1v) is 2.93. The van der Waals surface area contributed by atoms with E-state index in [9.17, 15) is 4.39 Å². The Balaban J connectivity index is 2.42. The van der Waals surface area contributed by atoms with Crippen LogP contribution in [0.2, 0.25) is 0 Å². The van der Waals surface area contributed by atoms with Crippen LogP contribution >= 0.6 is 0 Å². The summed E-state index contributed by atoms with van der Waals surface area (Å²) in [6.07, 6.45) is 1.80. The Morgan fingerprint density at radius 1 is 1.75 bits per heavy atom. The number of alkyl halides is 1. The Hall–Kier alpha value is -0.400. The van der Waals surface area contributed by atoms with Gasteiger partial charge in [-0.2, -0.15) is 0 Å². The molecule has 0 spiro atoms. The van der Waals surface area contributed by atoms with Crippen LogP contribution < -0.4 is 0 Å². The van der Waals surface area contributed by atoms with E-state index in [1.165, 1.54) is 0 Å². The van der Waals surface area contributed by atoms with Gasteiger partial charge in [-0.15, -0.1) is 0 Å². The van der Waals surface area contributed by atoms with Crippen LogP contribution in [0.5, 0.6) is 0 Å². The quantitative estimate of drug-likeness (QED) is 0.453. The van der Waals surface area contributed by atoms with E-state index in [1.807, 2.05) is 13.1 Å². The molecule has 2 unspecified atom stereocenters. The second-order valence-electron chi connectivity index (χ2n) is 2.32. The van der Waals surface area contributed by atoms with Crippen LogP contribution in [0.1, 0.15) is 13.3 Å². The Labute approximate surface area is 48.6 Å². The first kappa shape index (κ1) is 5.73. The van der Waals surface area contributed by atoms with Crippen molar-refractivity contribution in [1.29, 1.82) is 0 Å². The molecule has 8 heavy (non-hydrogen) atoms. The predicted molar refractivity (Wildman–Crippen MR) is 32.0 cm³/mol. The molecule has 0 amide bonds. The summed E-state index contributed by atoms with van der Waals surface area (Å²) < 4.78 is 12.3. The third kappa shape index (κ3) is 1.29. The molecule has 0 fully saturated rings. The zero-order chi connectivity index (χ0) is 5.98. The number of hydrogen-bond donors (Lipinski definition) is 0. The zero-order valence-corrected chi connectivity index (χ0v) is 4.97. The van der Waals surface area contributed by atoms with E-state index >= 15 is 0 Å². The van der Waals surface area contributed by atoms with Gasteiger partial charge < -0.3 is 0 Å². The van der Waals surface area contributed by atoms with Crippen molar-refractivity contribution in [2.75, 3.05) is 6.54 Å². The summed E-state index contributed by atoms with van der Waals surface area (Å²) >= 11 is 0. The Morgan fingerprint density at radius 3 is 2.88 bits per heavy atom. The van der Waals surface area contributed by atoms with E-state index in [4.69, 9.17) is 0 Å². The average molecular weight is 115 g/mol. The van der Waals surface area contributed by atoms with Gasteiger partial charge in [0.05, 0.1) is 6.54 Å². The molecule has 2 atom stereocenters. The summed E-state index contributed by atoms with van der Waals surface area (Å²) in [5.41, 5.74) is 0. The SMILES string of the molecule is CC1C=NCC(F)C1. The fourth-order valence-electron chi connectivity index (χ4n) is 0.894. The van der Waals surface area contributed by atoms with Gasteiger partial charge in [-0.3, -0.25) is 4.99 Å². The van der Waals surface area contributed by atoms with Crippen LogP contribution in [-0.4, -0.2) is 18.9 Å². The molecule has 0 N–H and O–H groups in total. The van der Waals surface area contributed by atoms with Crippen LogP contribution in [0.3, 0.4) is 0 Å². The molecular weight excluding hydrogens is 105 g/mol. The van der Waals surface area contributed by atoms with Crippen LogP contribution in [-0.2, 0) is 0 Å². The summed E-state index contributed by atoms with van der Waals surface area (Å²) in [4.78, 5) is 3.84. The van der Waals surface area contributed by atoms with Crippen LogP contribution in [0.4, 0.5) is 4.39 Å². The Morgan fingerprint density at radius 2 is 2.50 bits per heavy atom. The van der Waals surface area contributed by atoms with Crippen molar-refractivity contribution in [2.24, 2.45) is 10.9 Å². The van der Waals surface area contributed by atoms with Gasteiger partial charge in [0.15, 0.2) is 0 Å². The van der Waals surface area contributed by atoms with Crippen molar-refractivity contribution in [1.82, 2.24) is 0 Å². The molecule has 0 saturated carbocycles. The number of rotatable bonds is 0. The number of nitrogens with zero attached hydrogens (tertiary/aromatic N) is 1. The van der Waals surface area contributed by atoms with Gasteiger partial charge in [-0.25, -0.2) is 4.39 Å². The molecule has 0 aromatic heterocycles. The zero-order valence-electron chi connectivity index (χ0n) is 4.97. The Kier molecular flexibility index (Phi) is 1.61. The number of aliphatic imine (C=N–C) groups is 1. The minimum absolute atomic E-state index is 0.346. The van der Waals surface area contributed by atoms with Gasteiger partial charge in [0.25, 0.3) is 0 Å². The largest absolute Gasteiger partial charge is 0.294 e. The molecule has 1 rings (SSSR count). The molecule has 1 aliphatic heterocycles. The van der Waals surface area contributed by atoms with Crippen molar-refractivity contribution < 1.29 is 4.39 Å². The van der Waals surface area contributed by atoms with Crippen molar-refractivity contribution in [3.05, 3.63) is 0 Å². The molecule has 0 aromatic carbocycles. The smallest absolute Gasteiger partial charge is 0.120 e. The molecule has 0 aliphatic carbocycles. The first-order valence-electron chi connectivity index (χ1n) is 2.93. The maximum atomic E-state index is 12.3.